The van der Waals surface area contributed by atoms with Gasteiger partial charge in [-0.05, 0) is 36.1 Å². The monoisotopic (exact) mass is 326 g/mol. The van der Waals surface area contributed by atoms with Crippen LogP contribution in [-0.2, 0) is 16.1 Å². The zero-order valence-corrected chi connectivity index (χ0v) is 13.7. The molecule has 1 heterocycles. The lowest BCUT2D eigenvalue weighted by Crippen LogP contribution is -2.29. The highest BCUT2D eigenvalue weighted by Crippen LogP contribution is 2.37. The Balaban J connectivity index is 1.44. The summed E-state index contributed by atoms with van der Waals surface area (Å²) in [7, 11) is 0. The molecule has 1 saturated carbocycles. The van der Waals surface area contributed by atoms with Crippen LogP contribution < -0.4 is 10.6 Å². The van der Waals surface area contributed by atoms with Crippen molar-refractivity contribution in [1.29, 1.82) is 0 Å². The van der Waals surface area contributed by atoms with Crippen molar-refractivity contribution in [3.8, 4) is 0 Å². The number of benzene rings is 1. The van der Waals surface area contributed by atoms with Gasteiger partial charge in [0.25, 0.3) is 0 Å². The lowest BCUT2D eigenvalue weighted by Gasteiger charge is -2.08. The van der Waals surface area contributed by atoms with Crippen molar-refractivity contribution >= 4 is 17.5 Å². The number of carbonyl (C=O) groups excluding carboxylic acids is 2. The first-order valence-corrected chi connectivity index (χ1v) is 8.26. The van der Waals surface area contributed by atoms with E-state index in [4.69, 9.17) is 0 Å². The summed E-state index contributed by atoms with van der Waals surface area (Å²) >= 11 is 0. The molecule has 6 nitrogen and oxygen atoms in total. The summed E-state index contributed by atoms with van der Waals surface area (Å²) in [5, 5.41) is 9.86. The van der Waals surface area contributed by atoms with Gasteiger partial charge in [-0.15, -0.1) is 0 Å². The van der Waals surface area contributed by atoms with Gasteiger partial charge in [-0.1, -0.05) is 19.1 Å². The first kappa shape index (κ1) is 16.2. The molecule has 0 saturated heterocycles. The van der Waals surface area contributed by atoms with Crippen molar-refractivity contribution in [3.05, 3.63) is 48.3 Å². The summed E-state index contributed by atoms with van der Waals surface area (Å²) in [4.78, 5) is 23.7. The predicted octanol–water partition coefficient (Wildman–Crippen LogP) is 2.03. The van der Waals surface area contributed by atoms with Gasteiger partial charge in [-0.25, -0.2) is 0 Å². The maximum atomic E-state index is 12.0. The van der Waals surface area contributed by atoms with Crippen LogP contribution in [0.5, 0.6) is 0 Å². The van der Waals surface area contributed by atoms with Gasteiger partial charge in [-0.2, -0.15) is 5.10 Å². The maximum absolute atomic E-state index is 12.0. The molecule has 3 rings (SSSR count). The number of nitrogens with zero attached hydrogens (tertiary/aromatic N) is 2. The zero-order chi connectivity index (χ0) is 16.9. The summed E-state index contributed by atoms with van der Waals surface area (Å²) < 4.78 is 1.83. The van der Waals surface area contributed by atoms with Crippen molar-refractivity contribution < 1.29 is 9.59 Å². The van der Waals surface area contributed by atoms with Gasteiger partial charge < -0.3 is 10.6 Å². The number of aromatic nitrogens is 2. The van der Waals surface area contributed by atoms with Crippen LogP contribution in [0.25, 0.3) is 0 Å². The van der Waals surface area contributed by atoms with E-state index in [-0.39, 0.29) is 24.2 Å². The minimum atomic E-state index is -0.101. The number of anilines is 1. The predicted molar refractivity (Wildman–Crippen MR) is 91.3 cm³/mol. The standard InChI is InChI=1S/C18H22N4O2/c1-13-10-16(13)18(24)19-8-6-17(23)21-15-5-2-4-14(11-15)12-22-9-3-7-20-22/h2-5,7,9,11,13,16H,6,8,10,12H2,1H3,(H,19,24)(H,21,23). The highest BCUT2D eigenvalue weighted by Gasteiger charge is 2.38. The Kier molecular flexibility index (Phi) is 4.93. The Morgan fingerprint density at radius 3 is 2.88 bits per heavy atom. The van der Waals surface area contributed by atoms with Gasteiger partial charge in [0.2, 0.25) is 11.8 Å². The van der Waals surface area contributed by atoms with Crippen LogP contribution in [0.15, 0.2) is 42.7 Å². The Labute approximate surface area is 141 Å². The van der Waals surface area contributed by atoms with Gasteiger partial charge in [0.15, 0.2) is 0 Å². The van der Waals surface area contributed by atoms with Crippen molar-refractivity contribution in [3.63, 3.8) is 0 Å². The van der Waals surface area contributed by atoms with E-state index < -0.39 is 0 Å². The molecule has 2 atom stereocenters. The van der Waals surface area contributed by atoms with Gasteiger partial charge in [0.1, 0.15) is 0 Å². The number of nitrogens with one attached hydrogen (secondary N) is 2. The van der Waals surface area contributed by atoms with Gasteiger partial charge in [-0.3, -0.25) is 14.3 Å². The molecule has 2 N–H and O–H groups in total. The van der Waals surface area contributed by atoms with E-state index in [1.807, 2.05) is 41.2 Å². The number of carbonyl (C=O) groups is 2. The van der Waals surface area contributed by atoms with E-state index >= 15 is 0 Å². The van der Waals surface area contributed by atoms with Crippen LogP contribution >= 0.6 is 0 Å². The number of hydrogen-bond donors (Lipinski definition) is 2. The second kappa shape index (κ2) is 7.29. The summed E-state index contributed by atoms with van der Waals surface area (Å²) in [6.45, 7) is 3.10. The van der Waals surface area contributed by atoms with E-state index in [0.29, 0.717) is 19.0 Å². The van der Waals surface area contributed by atoms with Gasteiger partial charge in [0.05, 0.1) is 6.54 Å². The zero-order valence-electron chi connectivity index (χ0n) is 13.7. The molecule has 1 aliphatic rings. The van der Waals surface area contributed by atoms with Crippen molar-refractivity contribution in [2.45, 2.75) is 26.3 Å². The minimum absolute atomic E-state index is 0.0662. The van der Waals surface area contributed by atoms with Crippen LogP contribution in [0, 0.1) is 11.8 Å². The molecule has 1 aromatic carbocycles. The Hall–Kier alpha value is -2.63. The normalized spacial score (nSPS) is 18.9. The van der Waals surface area contributed by atoms with Crippen LogP contribution in [0.1, 0.15) is 25.3 Å². The fourth-order valence-electron chi connectivity index (χ4n) is 2.67. The molecule has 2 unspecified atom stereocenters. The molecule has 126 valence electrons. The molecule has 1 aliphatic carbocycles. The van der Waals surface area contributed by atoms with Gasteiger partial charge >= 0.3 is 0 Å². The van der Waals surface area contributed by atoms with E-state index in [9.17, 15) is 9.59 Å². The number of rotatable bonds is 7. The summed E-state index contributed by atoms with van der Waals surface area (Å²) in [5.74, 6) is 0.593. The molecule has 2 aromatic rings. The number of amides is 2. The average molecular weight is 326 g/mol. The van der Waals surface area contributed by atoms with E-state index in [1.54, 1.807) is 6.20 Å². The third-order valence-electron chi connectivity index (χ3n) is 4.21. The molecule has 0 spiro atoms. The fraction of sp³-hybridized carbons (Fsp3) is 0.389. The highest BCUT2D eigenvalue weighted by atomic mass is 16.2. The third-order valence-corrected chi connectivity index (χ3v) is 4.21. The molecule has 6 heteroatoms. The molecule has 1 aromatic heterocycles. The van der Waals surface area contributed by atoms with Gasteiger partial charge in [0, 0.05) is 37.0 Å². The highest BCUT2D eigenvalue weighted by molar-refractivity contribution is 5.91. The summed E-state index contributed by atoms with van der Waals surface area (Å²) in [5.41, 5.74) is 1.82. The topological polar surface area (TPSA) is 76.0 Å². The first-order valence-electron chi connectivity index (χ1n) is 8.26. The molecular weight excluding hydrogens is 304 g/mol. The molecule has 0 aliphatic heterocycles. The smallest absolute Gasteiger partial charge is 0.226 e. The second-order valence-electron chi connectivity index (χ2n) is 6.31. The minimum Gasteiger partial charge on any atom is -0.355 e. The second-order valence-corrected chi connectivity index (χ2v) is 6.31. The summed E-state index contributed by atoms with van der Waals surface area (Å²) in [6, 6.07) is 9.57. The van der Waals surface area contributed by atoms with Crippen LogP contribution in [0.3, 0.4) is 0 Å². The van der Waals surface area contributed by atoms with Crippen LogP contribution in [-0.4, -0.2) is 28.1 Å². The largest absolute Gasteiger partial charge is 0.355 e. The fourth-order valence-corrected chi connectivity index (χ4v) is 2.67. The third kappa shape index (κ3) is 4.44. The number of hydrogen-bond acceptors (Lipinski definition) is 3. The first-order chi connectivity index (χ1) is 11.6. The van der Waals surface area contributed by atoms with E-state index in [1.165, 1.54) is 0 Å². The van der Waals surface area contributed by atoms with Crippen LogP contribution in [0.2, 0.25) is 0 Å². The Morgan fingerprint density at radius 2 is 2.17 bits per heavy atom. The quantitative estimate of drug-likeness (QED) is 0.817. The maximum Gasteiger partial charge on any atom is 0.226 e. The molecular formula is C18H22N4O2. The lowest BCUT2D eigenvalue weighted by molar-refractivity contribution is -0.122. The Morgan fingerprint density at radius 1 is 1.33 bits per heavy atom. The van der Waals surface area contributed by atoms with E-state index in [0.717, 1.165) is 17.7 Å². The molecule has 1 fully saturated rings. The van der Waals surface area contributed by atoms with E-state index in [2.05, 4.69) is 22.7 Å². The SMILES string of the molecule is CC1CC1C(=O)NCCC(=O)Nc1cccc(Cn2cccn2)c1. The van der Waals surface area contributed by atoms with Crippen molar-refractivity contribution in [2.24, 2.45) is 11.8 Å². The summed E-state index contributed by atoms with van der Waals surface area (Å²) in [6.07, 6.45) is 4.87. The van der Waals surface area contributed by atoms with Crippen molar-refractivity contribution in [2.75, 3.05) is 11.9 Å². The van der Waals surface area contributed by atoms with Crippen LogP contribution in [0.4, 0.5) is 5.69 Å². The lowest BCUT2D eigenvalue weighted by atomic mass is 10.2. The molecule has 24 heavy (non-hydrogen) atoms. The molecule has 0 radical (unpaired) electrons. The molecule has 0 bridgehead atoms. The molecule has 2 amide bonds. The average Bonchev–Trinajstić information content (AvgIpc) is 3.06. The van der Waals surface area contributed by atoms with Crippen molar-refractivity contribution in [1.82, 2.24) is 15.1 Å². The Bertz CT molecular complexity index is 712.